The van der Waals surface area contributed by atoms with E-state index in [9.17, 15) is 5.11 Å². The van der Waals surface area contributed by atoms with E-state index in [2.05, 4.69) is 52.6 Å². The molecule has 5 heteroatoms. The number of hydrogen-bond donors (Lipinski definition) is 2. The summed E-state index contributed by atoms with van der Waals surface area (Å²) >= 11 is 0. The Bertz CT molecular complexity index is 768. The van der Waals surface area contributed by atoms with Crippen molar-refractivity contribution in [1.82, 2.24) is 15.1 Å². The van der Waals surface area contributed by atoms with Crippen molar-refractivity contribution in [2.75, 3.05) is 24.5 Å². The molecular formula is C23H34N4O. The van der Waals surface area contributed by atoms with Gasteiger partial charge in [-0.1, -0.05) is 12.8 Å². The third-order valence-electron chi connectivity index (χ3n) is 6.52. The molecule has 0 atom stereocenters. The van der Waals surface area contributed by atoms with Crippen molar-refractivity contribution < 1.29 is 5.11 Å². The van der Waals surface area contributed by atoms with Crippen molar-refractivity contribution in [2.45, 2.75) is 70.4 Å². The van der Waals surface area contributed by atoms with Crippen LogP contribution in [-0.2, 0) is 0 Å². The lowest BCUT2D eigenvalue weighted by Gasteiger charge is -2.34. The van der Waals surface area contributed by atoms with Crippen LogP contribution in [0.15, 0.2) is 30.3 Å². The number of benzene rings is 1. The maximum Gasteiger partial charge on any atom is 0.0659 e. The van der Waals surface area contributed by atoms with Crippen LogP contribution in [-0.4, -0.2) is 46.2 Å². The zero-order valence-electron chi connectivity index (χ0n) is 17.3. The smallest absolute Gasteiger partial charge is 0.0659 e. The summed E-state index contributed by atoms with van der Waals surface area (Å²) in [4.78, 5) is 2.48. The lowest BCUT2D eigenvalue weighted by atomic mass is 9.97. The van der Waals surface area contributed by atoms with Crippen LogP contribution in [0.5, 0.6) is 0 Å². The fraction of sp³-hybridized carbons (Fsp3) is 0.609. The first-order chi connectivity index (χ1) is 13.5. The van der Waals surface area contributed by atoms with Crippen molar-refractivity contribution in [3.05, 3.63) is 41.7 Å². The number of nitrogens with zero attached hydrogens (tertiary/aromatic N) is 3. The molecule has 152 valence electrons. The molecular weight excluding hydrogens is 348 g/mol. The molecule has 2 N–H and O–H groups in total. The molecule has 0 unspecified atom stereocenters. The summed E-state index contributed by atoms with van der Waals surface area (Å²) in [5.74, 6) is 0. The minimum absolute atomic E-state index is 0.388. The zero-order valence-corrected chi connectivity index (χ0v) is 17.3. The molecule has 1 saturated heterocycles. The van der Waals surface area contributed by atoms with Crippen molar-refractivity contribution in [2.24, 2.45) is 0 Å². The van der Waals surface area contributed by atoms with Gasteiger partial charge in [-0.15, -0.1) is 0 Å². The van der Waals surface area contributed by atoms with Crippen molar-refractivity contribution in [3.8, 4) is 5.69 Å². The number of nitrogens with one attached hydrogen (secondary N) is 1. The Labute approximate surface area is 168 Å². The molecule has 5 nitrogen and oxygen atoms in total. The van der Waals surface area contributed by atoms with E-state index in [1.54, 1.807) is 0 Å². The van der Waals surface area contributed by atoms with E-state index < -0.39 is 0 Å². The minimum Gasteiger partial charge on any atom is -0.390 e. The number of hydrogen-bond acceptors (Lipinski definition) is 4. The van der Waals surface area contributed by atoms with Gasteiger partial charge in [0.05, 0.1) is 17.0 Å². The monoisotopic (exact) mass is 382 g/mol. The van der Waals surface area contributed by atoms with Gasteiger partial charge in [0.1, 0.15) is 0 Å². The Balaban J connectivity index is 1.26. The Morgan fingerprint density at radius 3 is 2.32 bits per heavy atom. The van der Waals surface area contributed by atoms with E-state index in [1.165, 1.54) is 24.2 Å². The van der Waals surface area contributed by atoms with Gasteiger partial charge in [-0.25, -0.2) is 4.68 Å². The van der Waals surface area contributed by atoms with Gasteiger partial charge in [-0.05, 0) is 82.8 Å². The Hall–Kier alpha value is -1.85. The predicted octanol–water partition coefficient (Wildman–Crippen LogP) is 3.74. The SMILES string of the molecule is Cc1cc(C)n(-c2ccc(N3CCC(NCCC4(O)CCCC4)CC3)cc2)n1. The van der Waals surface area contributed by atoms with Crippen LogP contribution in [0.3, 0.4) is 0 Å². The normalized spacial score (nSPS) is 20.0. The largest absolute Gasteiger partial charge is 0.390 e. The van der Waals surface area contributed by atoms with Crippen LogP contribution in [0.4, 0.5) is 5.69 Å². The van der Waals surface area contributed by atoms with Crippen LogP contribution in [0.25, 0.3) is 5.69 Å². The van der Waals surface area contributed by atoms with Crippen LogP contribution in [0.1, 0.15) is 56.3 Å². The quantitative estimate of drug-likeness (QED) is 0.799. The highest BCUT2D eigenvalue weighted by atomic mass is 16.3. The third-order valence-corrected chi connectivity index (χ3v) is 6.52. The van der Waals surface area contributed by atoms with Crippen LogP contribution >= 0.6 is 0 Å². The zero-order chi connectivity index (χ0) is 19.6. The summed E-state index contributed by atoms with van der Waals surface area (Å²) in [5, 5.41) is 18.7. The molecule has 0 spiro atoms. The minimum atomic E-state index is -0.388. The van der Waals surface area contributed by atoms with Crippen LogP contribution in [0, 0.1) is 13.8 Å². The van der Waals surface area contributed by atoms with E-state index >= 15 is 0 Å². The van der Waals surface area contributed by atoms with Crippen LogP contribution < -0.4 is 10.2 Å². The Kier molecular flexibility index (Phi) is 5.74. The number of rotatable bonds is 6. The highest BCUT2D eigenvalue weighted by molar-refractivity contribution is 5.51. The second kappa shape index (κ2) is 8.26. The lowest BCUT2D eigenvalue weighted by molar-refractivity contribution is 0.0382. The van der Waals surface area contributed by atoms with Crippen molar-refractivity contribution in [1.29, 1.82) is 0 Å². The summed E-state index contributed by atoms with van der Waals surface area (Å²) < 4.78 is 2.01. The molecule has 2 aromatic rings. The molecule has 0 amide bonds. The first-order valence-corrected chi connectivity index (χ1v) is 10.9. The van der Waals surface area contributed by atoms with Gasteiger partial charge in [0.2, 0.25) is 0 Å². The molecule has 28 heavy (non-hydrogen) atoms. The van der Waals surface area contributed by atoms with E-state index in [0.717, 1.165) is 63.1 Å². The highest BCUT2D eigenvalue weighted by Gasteiger charge is 2.30. The van der Waals surface area contributed by atoms with Gasteiger partial charge in [0, 0.05) is 30.5 Å². The van der Waals surface area contributed by atoms with Crippen molar-refractivity contribution in [3.63, 3.8) is 0 Å². The standard InChI is InChI=1S/C23H34N4O/c1-18-17-19(2)27(25-18)22-7-5-21(6-8-22)26-15-9-20(10-16-26)24-14-13-23(28)11-3-4-12-23/h5-8,17,20,24,28H,3-4,9-16H2,1-2H3. The number of aromatic nitrogens is 2. The first-order valence-electron chi connectivity index (χ1n) is 10.9. The summed E-state index contributed by atoms with van der Waals surface area (Å²) in [5.41, 5.74) is 4.25. The van der Waals surface area contributed by atoms with Gasteiger partial charge in [-0.2, -0.15) is 5.10 Å². The van der Waals surface area contributed by atoms with E-state index in [1.807, 2.05) is 11.6 Å². The maximum atomic E-state index is 10.5. The second-order valence-corrected chi connectivity index (χ2v) is 8.75. The molecule has 2 heterocycles. The molecule has 1 saturated carbocycles. The summed E-state index contributed by atoms with van der Waals surface area (Å²) in [6.45, 7) is 7.24. The highest BCUT2D eigenvalue weighted by Crippen LogP contribution is 2.32. The molecule has 4 rings (SSSR count). The third kappa shape index (κ3) is 4.41. The van der Waals surface area contributed by atoms with E-state index in [4.69, 9.17) is 0 Å². The van der Waals surface area contributed by atoms with Gasteiger partial charge in [0.15, 0.2) is 0 Å². The summed E-state index contributed by atoms with van der Waals surface area (Å²) in [6.07, 6.45) is 7.58. The average molecular weight is 383 g/mol. The molecule has 1 aromatic heterocycles. The average Bonchev–Trinajstić information content (AvgIpc) is 3.27. The molecule has 2 aliphatic rings. The maximum absolute atomic E-state index is 10.5. The summed E-state index contributed by atoms with van der Waals surface area (Å²) in [6, 6.07) is 11.5. The van der Waals surface area contributed by atoms with E-state index in [0.29, 0.717) is 6.04 Å². The van der Waals surface area contributed by atoms with Gasteiger partial charge in [-0.3, -0.25) is 0 Å². The molecule has 2 fully saturated rings. The Morgan fingerprint density at radius 2 is 1.71 bits per heavy atom. The molecule has 0 bridgehead atoms. The molecule has 1 aliphatic heterocycles. The van der Waals surface area contributed by atoms with E-state index in [-0.39, 0.29) is 5.60 Å². The number of aliphatic hydroxyl groups is 1. The number of piperidine rings is 1. The Morgan fingerprint density at radius 1 is 1.07 bits per heavy atom. The van der Waals surface area contributed by atoms with Gasteiger partial charge >= 0.3 is 0 Å². The lowest BCUT2D eigenvalue weighted by Crippen LogP contribution is -2.44. The van der Waals surface area contributed by atoms with Crippen LogP contribution in [0.2, 0.25) is 0 Å². The molecule has 0 radical (unpaired) electrons. The van der Waals surface area contributed by atoms with Gasteiger partial charge < -0.3 is 15.3 Å². The number of aryl methyl sites for hydroxylation is 2. The fourth-order valence-corrected chi connectivity index (χ4v) is 4.83. The second-order valence-electron chi connectivity index (χ2n) is 8.75. The molecule has 1 aliphatic carbocycles. The summed E-state index contributed by atoms with van der Waals surface area (Å²) in [7, 11) is 0. The van der Waals surface area contributed by atoms with Gasteiger partial charge in [0.25, 0.3) is 0 Å². The fourth-order valence-electron chi connectivity index (χ4n) is 4.83. The topological polar surface area (TPSA) is 53.3 Å². The number of anilines is 1. The predicted molar refractivity (Wildman–Crippen MR) is 114 cm³/mol. The first kappa shape index (κ1) is 19.5. The molecule has 1 aromatic carbocycles. The van der Waals surface area contributed by atoms with Crippen molar-refractivity contribution >= 4 is 5.69 Å².